The predicted molar refractivity (Wildman–Crippen MR) is 145 cm³/mol. The first-order chi connectivity index (χ1) is 17.6. The van der Waals surface area contributed by atoms with Crippen molar-refractivity contribution in [1.29, 1.82) is 0 Å². The van der Waals surface area contributed by atoms with E-state index in [4.69, 9.17) is 27.9 Å². The third-order valence-corrected chi connectivity index (χ3v) is 7.90. The van der Waals surface area contributed by atoms with Gasteiger partial charge in [0, 0.05) is 23.6 Å². The number of carbonyl (C=O) groups is 2. The summed E-state index contributed by atoms with van der Waals surface area (Å²) in [5.41, 5.74) is 0.847. The van der Waals surface area contributed by atoms with Crippen LogP contribution in [-0.2, 0) is 26.2 Å². The highest BCUT2D eigenvalue weighted by molar-refractivity contribution is 7.92. The number of sulfonamides is 1. The van der Waals surface area contributed by atoms with Crippen molar-refractivity contribution < 1.29 is 22.7 Å². The molecule has 0 aliphatic carbocycles. The molecule has 8 nitrogen and oxygen atoms in total. The summed E-state index contributed by atoms with van der Waals surface area (Å²) in [5.74, 6) is -0.355. The molecule has 0 saturated carbocycles. The fourth-order valence-electron chi connectivity index (χ4n) is 3.65. The fourth-order valence-corrected chi connectivity index (χ4v) is 5.58. The van der Waals surface area contributed by atoms with Gasteiger partial charge in [-0.1, -0.05) is 53.5 Å². The van der Waals surface area contributed by atoms with E-state index in [-0.39, 0.29) is 27.2 Å². The molecule has 0 aromatic heterocycles. The molecular weight excluding hydrogens is 537 g/mol. The molecule has 2 amide bonds. The van der Waals surface area contributed by atoms with Crippen molar-refractivity contribution in [3.05, 3.63) is 88.4 Å². The van der Waals surface area contributed by atoms with E-state index in [0.717, 1.165) is 9.87 Å². The first-order valence-electron chi connectivity index (χ1n) is 11.2. The number of rotatable bonds is 10. The summed E-state index contributed by atoms with van der Waals surface area (Å²) in [4.78, 5) is 27.5. The Kier molecular flexibility index (Phi) is 9.42. The van der Waals surface area contributed by atoms with Gasteiger partial charge in [-0.2, -0.15) is 0 Å². The summed E-state index contributed by atoms with van der Waals surface area (Å²) in [6, 6.07) is 18.1. The van der Waals surface area contributed by atoms with Gasteiger partial charge in [0.1, 0.15) is 18.3 Å². The third kappa shape index (κ3) is 6.94. The van der Waals surface area contributed by atoms with E-state index in [1.165, 1.54) is 42.3 Å². The van der Waals surface area contributed by atoms with Gasteiger partial charge in [0.05, 0.1) is 17.7 Å². The topological polar surface area (TPSA) is 96.0 Å². The van der Waals surface area contributed by atoms with Crippen LogP contribution >= 0.6 is 23.2 Å². The zero-order valence-corrected chi connectivity index (χ0v) is 22.8. The van der Waals surface area contributed by atoms with E-state index >= 15 is 0 Å². The van der Waals surface area contributed by atoms with E-state index < -0.39 is 34.4 Å². The Morgan fingerprint density at radius 2 is 1.57 bits per heavy atom. The minimum Gasteiger partial charge on any atom is -0.497 e. The van der Waals surface area contributed by atoms with Gasteiger partial charge in [0.15, 0.2) is 0 Å². The summed E-state index contributed by atoms with van der Waals surface area (Å²) in [7, 11) is -1.19. The molecule has 0 spiro atoms. The molecule has 1 atom stereocenters. The molecule has 0 fully saturated rings. The van der Waals surface area contributed by atoms with Crippen LogP contribution in [0.2, 0.25) is 10.0 Å². The normalized spacial score (nSPS) is 11.9. The Hall–Kier alpha value is -3.27. The molecule has 0 radical (unpaired) electrons. The quantitative estimate of drug-likeness (QED) is 0.395. The molecule has 11 heteroatoms. The van der Waals surface area contributed by atoms with Crippen LogP contribution in [-0.4, -0.2) is 51.9 Å². The number of ether oxygens (including phenoxy) is 1. The average molecular weight is 564 g/mol. The van der Waals surface area contributed by atoms with Crippen molar-refractivity contribution in [3.63, 3.8) is 0 Å². The number of hydrogen-bond donors (Lipinski definition) is 1. The SMILES string of the molecule is CNC(=O)C(C)N(Cc1ccc(OC)cc1)C(=O)CN(c1cc(Cl)cc(Cl)c1)S(=O)(=O)c1ccccc1. The summed E-state index contributed by atoms with van der Waals surface area (Å²) in [5, 5.41) is 2.95. The fraction of sp³-hybridized carbons (Fsp3) is 0.231. The molecule has 3 rings (SSSR count). The van der Waals surface area contributed by atoms with Crippen LogP contribution in [0.3, 0.4) is 0 Å². The second-order valence-electron chi connectivity index (χ2n) is 8.11. The lowest BCUT2D eigenvalue weighted by Crippen LogP contribution is -2.50. The van der Waals surface area contributed by atoms with Crippen LogP contribution in [0.25, 0.3) is 0 Å². The highest BCUT2D eigenvalue weighted by Crippen LogP contribution is 2.30. The number of halogens is 2. The van der Waals surface area contributed by atoms with E-state index in [1.54, 1.807) is 56.5 Å². The van der Waals surface area contributed by atoms with Gasteiger partial charge >= 0.3 is 0 Å². The highest BCUT2D eigenvalue weighted by atomic mass is 35.5. The van der Waals surface area contributed by atoms with Crippen LogP contribution in [0.15, 0.2) is 77.7 Å². The van der Waals surface area contributed by atoms with Crippen molar-refractivity contribution in [1.82, 2.24) is 10.2 Å². The first-order valence-corrected chi connectivity index (χ1v) is 13.4. The van der Waals surface area contributed by atoms with E-state index in [2.05, 4.69) is 5.32 Å². The zero-order valence-electron chi connectivity index (χ0n) is 20.5. The molecule has 37 heavy (non-hydrogen) atoms. The second-order valence-corrected chi connectivity index (χ2v) is 10.8. The molecule has 3 aromatic carbocycles. The number of amides is 2. The Bertz CT molecular complexity index is 1330. The van der Waals surface area contributed by atoms with Gasteiger partial charge in [-0.15, -0.1) is 0 Å². The molecule has 1 unspecified atom stereocenters. The molecule has 0 aliphatic heterocycles. The number of anilines is 1. The van der Waals surface area contributed by atoms with Crippen LogP contribution in [0.4, 0.5) is 5.69 Å². The molecule has 0 bridgehead atoms. The zero-order chi connectivity index (χ0) is 27.2. The molecule has 3 aromatic rings. The molecule has 0 heterocycles. The molecular formula is C26H27Cl2N3O5S. The summed E-state index contributed by atoms with van der Waals surface area (Å²) in [6.07, 6.45) is 0. The van der Waals surface area contributed by atoms with Gasteiger partial charge in [0.25, 0.3) is 10.0 Å². The standard InChI is InChI=1S/C26H27Cl2N3O5S/c1-18(26(33)29-2)30(16-19-9-11-23(36-3)12-10-19)25(32)17-31(22-14-20(27)13-21(28)15-22)37(34,35)24-7-5-4-6-8-24/h4-15,18H,16-17H2,1-3H3,(H,29,33). The Morgan fingerprint density at radius 1 is 0.973 bits per heavy atom. The summed E-state index contributed by atoms with van der Waals surface area (Å²) in [6.45, 7) is 1.05. The smallest absolute Gasteiger partial charge is 0.264 e. The third-order valence-electron chi connectivity index (χ3n) is 5.67. The molecule has 196 valence electrons. The first kappa shape index (κ1) is 28.3. The lowest BCUT2D eigenvalue weighted by Gasteiger charge is -2.32. The Balaban J connectivity index is 2.04. The van der Waals surface area contributed by atoms with Gasteiger partial charge in [0.2, 0.25) is 11.8 Å². The van der Waals surface area contributed by atoms with Gasteiger partial charge < -0.3 is 15.0 Å². The summed E-state index contributed by atoms with van der Waals surface area (Å²) >= 11 is 12.3. The largest absolute Gasteiger partial charge is 0.497 e. The molecule has 1 N–H and O–H groups in total. The Labute approximate surface area is 226 Å². The van der Waals surface area contributed by atoms with Crippen LogP contribution in [0, 0.1) is 0 Å². The average Bonchev–Trinajstić information content (AvgIpc) is 2.89. The molecule has 0 saturated heterocycles. The number of likely N-dealkylation sites (N-methyl/N-ethyl adjacent to an activating group) is 1. The van der Waals surface area contributed by atoms with Crippen molar-refractivity contribution in [2.75, 3.05) is 25.0 Å². The van der Waals surface area contributed by atoms with Crippen LogP contribution in [0.5, 0.6) is 5.75 Å². The number of benzene rings is 3. The minimum atomic E-state index is -4.20. The monoisotopic (exact) mass is 563 g/mol. The molecule has 0 aliphatic rings. The van der Waals surface area contributed by atoms with E-state index in [0.29, 0.717) is 5.75 Å². The summed E-state index contributed by atoms with van der Waals surface area (Å²) < 4.78 is 33.5. The van der Waals surface area contributed by atoms with Gasteiger partial charge in [-0.05, 0) is 55.0 Å². The number of carbonyl (C=O) groups excluding carboxylic acids is 2. The lowest BCUT2D eigenvalue weighted by molar-refractivity contribution is -0.139. The lowest BCUT2D eigenvalue weighted by atomic mass is 10.1. The minimum absolute atomic E-state index is 0.0139. The second kappa shape index (κ2) is 12.3. The van der Waals surface area contributed by atoms with E-state index in [1.807, 2.05) is 0 Å². The van der Waals surface area contributed by atoms with Crippen molar-refractivity contribution in [3.8, 4) is 5.75 Å². The van der Waals surface area contributed by atoms with Crippen LogP contribution in [0.1, 0.15) is 12.5 Å². The predicted octanol–water partition coefficient (Wildman–Crippen LogP) is 4.36. The number of nitrogens with one attached hydrogen (secondary N) is 1. The maximum Gasteiger partial charge on any atom is 0.264 e. The van der Waals surface area contributed by atoms with Gasteiger partial charge in [-0.25, -0.2) is 8.42 Å². The number of hydrogen-bond acceptors (Lipinski definition) is 5. The van der Waals surface area contributed by atoms with Crippen molar-refractivity contribution in [2.24, 2.45) is 0 Å². The maximum atomic E-state index is 13.7. The highest BCUT2D eigenvalue weighted by Gasteiger charge is 2.32. The van der Waals surface area contributed by atoms with Crippen molar-refractivity contribution in [2.45, 2.75) is 24.4 Å². The number of nitrogens with zero attached hydrogens (tertiary/aromatic N) is 2. The maximum absolute atomic E-state index is 13.7. The van der Waals surface area contributed by atoms with Crippen LogP contribution < -0.4 is 14.4 Å². The van der Waals surface area contributed by atoms with E-state index in [9.17, 15) is 18.0 Å². The van der Waals surface area contributed by atoms with Gasteiger partial charge in [-0.3, -0.25) is 13.9 Å². The Morgan fingerprint density at radius 3 is 2.11 bits per heavy atom. The van der Waals surface area contributed by atoms with Crippen molar-refractivity contribution >= 4 is 50.7 Å². The number of methoxy groups -OCH3 is 1.